The third-order valence-corrected chi connectivity index (χ3v) is 7.72. The topological polar surface area (TPSA) is 107 Å². The largest absolute Gasteiger partial charge is 0.465 e. The van der Waals surface area contributed by atoms with Crippen LogP contribution in [0.3, 0.4) is 0 Å². The summed E-state index contributed by atoms with van der Waals surface area (Å²) in [7, 11) is 1.35. The number of aromatic nitrogens is 2. The molecular weight excluding hydrogens is 464 g/mol. The summed E-state index contributed by atoms with van der Waals surface area (Å²) in [5.41, 5.74) is 4.71. The molecule has 1 N–H and O–H groups in total. The molecule has 4 aromatic rings. The highest BCUT2D eigenvalue weighted by Crippen LogP contribution is 2.59. The van der Waals surface area contributed by atoms with Gasteiger partial charge in [0, 0.05) is 40.6 Å². The number of fused-ring (bicyclic) bond motifs is 6. The van der Waals surface area contributed by atoms with E-state index in [1.165, 1.54) is 29.2 Å². The number of anilines is 1. The number of hydrogen-bond acceptors (Lipinski definition) is 8. The van der Waals surface area contributed by atoms with Gasteiger partial charge in [0.25, 0.3) is 5.69 Å². The van der Waals surface area contributed by atoms with Crippen molar-refractivity contribution in [2.24, 2.45) is 0 Å². The first-order valence-corrected chi connectivity index (χ1v) is 12.1. The number of allylic oxidation sites excluding steroid dienone is 2. The molecule has 1 atom stereocenters. The summed E-state index contributed by atoms with van der Waals surface area (Å²) in [6.45, 7) is 0.390. The van der Waals surface area contributed by atoms with Crippen molar-refractivity contribution in [3.63, 3.8) is 0 Å². The summed E-state index contributed by atoms with van der Waals surface area (Å²) >= 11 is 1.71. The summed E-state index contributed by atoms with van der Waals surface area (Å²) in [6, 6.07) is 13.6. The fourth-order valence-electron chi connectivity index (χ4n) is 4.82. The van der Waals surface area contributed by atoms with E-state index in [-0.39, 0.29) is 5.69 Å². The molecule has 0 saturated heterocycles. The van der Waals surface area contributed by atoms with Gasteiger partial charge >= 0.3 is 5.97 Å². The third kappa shape index (κ3) is 3.55. The Morgan fingerprint density at radius 2 is 2.06 bits per heavy atom. The Morgan fingerprint density at radius 1 is 1.23 bits per heavy atom. The lowest BCUT2D eigenvalue weighted by Gasteiger charge is -2.26. The molecule has 2 heterocycles. The van der Waals surface area contributed by atoms with Crippen molar-refractivity contribution < 1.29 is 14.5 Å². The maximum Gasteiger partial charge on any atom is 0.337 e. The zero-order valence-corrected chi connectivity index (χ0v) is 19.6. The summed E-state index contributed by atoms with van der Waals surface area (Å²) in [5, 5.41) is 15.6. The van der Waals surface area contributed by atoms with Crippen LogP contribution in [0.1, 0.15) is 45.1 Å². The predicted molar refractivity (Wildman–Crippen MR) is 135 cm³/mol. The average Bonchev–Trinajstić information content (AvgIpc) is 3.44. The Bertz CT molecular complexity index is 1540. The van der Waals surface area contributed by atoms with E-state index in [0.717, 1.165) is 34.2 Å². The predicted octanol–water partition coefficient (Wildman–Crippen LogP) is 5.94. The van der Waals surface area contributed by atoms with E-state index in [0.29, 0.717) is 29.7 Å². The van der Waals surface area contributed by atoms with Crippen LogP contribution < -0.4 is 5.32 Å². The maximum absolute atomic E-state index is 11.8. The second-order valence-corrected chi connectivity index (χ2v) is 9.59. The van der Waals surface area contributed by atoms with Gasteiger partial charge in [0.2, 0.25) is 0 Å². The van der Waals surface area contributed by atoms with E-state index in [4.69, 9.17) is 14.7 Å². The molecule has 0 saturated carbocycles. The number of nitro benzene ring substituents is 1. The zero-order chi connectivity index (χ0) is 24.1. The van der Waals surface area contributed by atoms with Crippen molar-refractivity contribution in [2.75, 3.05) is 12.4 Å². The maximum atomic E-state index is 11.8. The van der Waals surface area contributed by atoms with Gasteiger partial charge in [0.05, 0.1) is 23.0 Å². The normalized spacial score (nSPS) is 15.7. The Kier molecular flexibility index (Phi) is 5.07. The highest BCUT2D eigenvalue weighted by Gasteiger charge is 2.39. The van der Waals surface area contributed by atoms with Crippen molar-refractivity contribution in [1.82, 2.24) is 9.97 Å². The second kappa shape index (κ2) is 8.28. The number of nitro groups is 1. The van der Waals surface area contributed by atoms with Crippen LogP contribution in [0.2, 0.25) is 0 Å². The standard InChI is InChI=1S/C26H20N4O4S/c1-34-26(31)16-10-8-15(9-11-16)23-28-24(27-13-14-4-2-5-17(12-14)30(32)33)21-20-18-6-3-7-19(18)22(20)35-25(21)29-23/h2,4-6,8-12,19H,3,7,13H2,1H3,(H,27,28,29). The van der Waals surface area contributed by atoms with Crippen molar-refractivity contribution >= 4 is 44.6 Å². The van der Waals surface area contributed by atoms with E-state index in [9.17, 15) is 14.9 Å². The minimum absolute atomic E-state index is 0.0575. The minimum Gasteiger partial charge on any atom is -0.465 e. The molecule has 174 valence electrons. The molecule has 2 aliphatic rings. The molecule has 9 heteroatoms. The number of methoxy groups -OCH3 is 1. The Labute approximate surface area is 204 Å². The van der Waals surface area contributed by atoms with E-state index >= 15 is 0 Å². The highest BCUT2D eigenvalue weighted by atomic mass is 32.1. The smallest absolute Gasteiger partial charge is 0.337 e. The molecule has 6 rings (SSSR count). The lowest BCUT2D eigenvalue weighted by molar-refractivity contribution is -0.384. The number of ether oxygens (including phenoxy) is 1. The van der Waals surface area contributed by atoms with Crippen LogP contribution >= 0.6 is 11.3 Å². The summed E-state index contributed by atoms with van der Waals surface area (Å²) in [5.74, 6) is 1.36. The molecule has 35 heavy (non-hydrogen) atoms. The summed E-state index contributed by atoms with van der Waals surface area (Å²) in [6.07, 6.45) is 4.54. The van der Waals surface area contributed by atoms with Crippen LogP contribution in [0, 0.1) is 10.1 Å². The van der Waals surface area contributed by atoms with Gasteiger partial charge < -0.3 is 10.1 Å². The van der Waals surface area contributed by atoms with Gasteiger partial charge in [-0.15, -0.1) is 11.3 Å². The lowest BCUT2D eigenvalue weighted by Crippen LogP contribution is -2.10. The van der Waals surface area contributed by atoms with E-state index in [2.05, 4.69) is 11.4 Å². The van der Waals surface area contributed by atoms with Crippen molar-refractivity contribution in [3.8, 4) is 11.4 Å². The van der Waals surface area contributed by atoms with Gasteiger partial charge in [-0.2, -0.15) is 0 Å². The molecule has 0 amide bonds. The SMILES string of the molecule is COC(=O)c1ccc(-c2nc(NCc3cccc([N+](=O)[O-])c3)c3c4c(sc3n2)C2CCC=C42)cc1. The molecule has 2 aliphatic carbocycles. The Balaban J connectivity index is 1.41. The first-order chi connectivity index (χ1) is 17.0. The summed E-state index contributed by atoms with van der Waals surface area (Å²) < 4.78 is 4.79. The molecule has 2 aromatic heterocycles. The number of thiophene rings is 1. The first-order valence-electron chi connectivity index (χ1n) is 11.2. The van der Waals surface area contributed by atoms with Crippen LogP contribution in [0.4, 0.5) is 11.5 Å². The number of benzene rings is 2. The van der Waals surface area contributed by atoms with Crippen molar-refractivity contribution in [2.45, 2.75) is 25.3 Å². The first kappa shape index (κ1) is 21.4. The molecule has 8 nitrogen and oxygen atoms in total. The van der Waals surface area contributed by atoms with Gasteiger partial charge in [-0.1, -0.05) is 30.3 Å². The number of rotatable bonds is 6. The zero-order valence-electron chi connectivity index (χ0n) is 18.8. The monoisotopic (exact) mass is 484 g/mol. The van der Waals surface area contributed by atoms with Crippen molar-refractivity contribution in [1.29, 1.82) is 0 Å². The van der Waals surface area contributed by atoms with Crippen LogP contribution in [0.15, 0.2) is 54.6 Å². The minimum atomic E-state index is -0.398. The molecule has 2 aromatic carbocycles. The second-order valence-electron chi connectivity index (χ2n) is 8.56. The van der Waals surface area contributed by atoms with Gasteiger partial charge in [-0.3, -0.25) is 10.1 Å². The fourth-order valence-corrected chi connectivity index (χ4v) is 6.17. The molecule has 0 radical (unpaired) electrons. The molecule has 0 spiro atoms. The Morgan fingerprint density at radius 3 is 2.83 bits per heavy atom. The van der Waals surface area contributed by atoms with Gasteiger partial charge in [0.1, 0.15) is 10.6 Å². The molecule has 1 unspecified atom stereocenters. The van der Waals surface area contributed by atoms with Crippen LogP contribution in [-0.4, -0.2) is 28.0 Å². The number of hydrogen-bond donors (Lipinski definition) is 1. The van der Waals surface area contributed by atoms with Gasteiger partial charge in [-0.25, -0.2) is 14.8 Å². The quantitative estimate of drug-likeness (QED) is 0.205. The van der Waals surface area contributed by atoms with E-state index in [1.54, 1.807) is 35.6 Å². The number of nitrogens with zero attached hydrogens (tertiary/aromatic N) is 3. The van der Waals surface area contributed by atoms with Gasteiger partial charge in [-0.05, 0) is 36.1 Å². The molecular formula is C26H20N4O4S. The molecule has 0 aliphatic heterocycles. The number of esters is 1. The number of non-ortho nitro benzene ring substituents is 1. The van der Waals surface area contributed by atoms with E-state index < -0.39 is 10.9 Å². The third-order valence-electron chi connectivity index (χ3n) is 6.52. The van der Waals surface area contributed by atoms with Crippen molar-refractivity contribution in [3.05, 3.63) is 86.3 Å². The van der Waals surface area contributed by atoms with E-state index in [1.807, 2.05) is 18.2 Å². The van der Waals surface area contributed by atoms with Gasteiger partial charge in [0.15, 0.2) is 5.82 Å². The number of carbonyl (C=O) groups excluding carboxylic acids is 1. The van der Waals surface area contributed by atoms with Crippen LogP contribution in [-0.2, 0) is 11.3 Å². The number of nitrogens with one attached hydrogen (secondary N) is 1. The summed E-state index contributed by atoms with van der Waals surface area (Å²) in [4.78, 5) is 34.6. The molecule has 0 fully saturated rings. The number of carbonyl (C=O) groups is 1. The molecule has 0 bridgehead atoms. The van der Waals surface area contributed by atoms with Crippen LogP contribution in [0.25, 0.3) is 27.2 Å². The highest BCUT2D eigenvalue weighted by molar-refractivity contribution is 7.19. The van der Waals surface area contributed by atoms with Crippen LogP contribution in [0.5, 0.6) is 0 Å². The lowest BCUT2D eigenvalue weighted by atomic mass is 9.80. The average molecular weight is 485 g/mol. The fraction of sp³-hybridized carbons (Fsp3) is 0.192. The Hall–Kier alpha value is -4.11.